The van der Waals surface area contributed by atoms with Gasteiger partial charge in [-0.2, -0.15) is 0 Å². The molecule has 1 heterocycles. The van der Waals surface area contributed by atoms with E-state index in [1.54, 1.807) is 9.47 Å². The third-order valence-corrected chi connectivity index (χ3v) is 4.79. The molecule has 1 amide bonds. The third-order valence-electron chi connectivity index (χ3n) is 3.47. The number of carbonyl (C=O) groups is 1. The summed E-state index contributed by atoms with van der Waals surface area (Å²) in [5, 5.41) is 0. The van der Waals surface area contributed by atoms with E-state index in [2.05, 4.69) is 0 Å². The van der Waals surface area contributed by atoms with Gasteiger partial charge < -0.3 is 9.47 Å². The third kappa shape index (κ3) is 3.01. The largest absolute Gasteiger partial charge is 0.340 e. The van der Waals surface area contributed by atoms with Crippen molar-refractivity contribution in [2.75, 3.05) is 6.54 Å². The van der Waals surface area contributed by atoms with Crippen molar-refractivity contribution < 1.29 is 13.2 Å². The lowest BCUT2D eigenvalue weighted by atomic mass is 10.3. The molecule has 5 nitrogen and oxygen atoms in total. The van der Waals surface area contributed by atoms with Crippen LogP contribution in [0.4, 0.5) is 0 Å². The quantitative estimate of drug-likeness (QED) is 0.784. The highest BCUT2D eigenvalue weighted by atomic mass is 35.7. The maximum Gasteiger partial charge on any atom is 0.270 e. The first-order valence-corrected chi connectivity index (χ1v) is 9.04. The molecule has 1 aliphatic carbocycles. The monoisotopic (exact) mass is 318 g/mol. The predicted octanol–water partition coefficient (Wildman–Crippen LogP) is 2.62. The molecule has 20 heavy (non-hydrogen) atoms. The van der Waals surface area contributed by atoms with Crippen molar-refractivity contribution in [3.05, 3.63) is 18.0 Å². The Morgan fingerprint density at radius 2 is 2.10 bits per heavy atom. The number of amides is 1. The van der Waals surface area contributed by atoms with Crippen molar-refractivity contribution in [1.29, 1.82) is 0 Å². The first-order chi connectivity index (χ1) is 9.25. The van der Waals surface area contributed by atoms with Gasteiger partial charge in [-0.3, -0.25) is 4.79 Å². The van der Waals surface area contributed by atoms with Gasteiger partial charge in [-0.1, -0.05) is 0 Å². The van der Waals surface area contributed by atoms with Crippen LogP contribution in [0.1, 0.15) is 50.1 Å². The van der Waals surface area contributed by atoms with Crippen molar-refractivity contribution in [2.45, 2.75) is 50.6 Å². The molecule has 1 aliphatic rings. The highest BCUT2D eigenvalue weighted by Crippen LogP contribution is 2.30. The molecule has 0 bridgehead atoms. The molecular weight excluding hydrogens is 300 g/mol. The molecule has 112 valence electrons. The Bertz CT molecular complexity index is 618. The Morgan fingerprint density at radius 1 is 1.50 bits per heavy atom. The Labute approximate surface area is 123 Å². The van der Waals surface area contributed by atoms with Crippen LogP contribution in [0.3, 0.4) is 0 Å². The Balaban J connectivity index is 2.43. The minimum absolute atomic E-state index is 0.0148. The van der Waals surface area contributed by atoms with Crippen molar-refractivity contribution in [2.24, 2.45) is 0 Å². The Kier molecular flexibility index (Phi) is 4.16. The summed E-state index contributed by atoms with van der Waals surface area (Å²) in [6.45, 7) is 6.34. The zero-order chi connectivity index (χ0) is 15.1. The van der Waals surface area contributed by atoms with Gasteiger partial charge in [0, 0.05) is 35.5 Å². The van der Waals surface area contributed by atoms with Crippen molar-refractivity contribution in [1.82, 2.24) is 9.47 Å². The van der Waals surface area contributed by atoms with Crippen molar-refractivity contribution >= 4 is 25.6 Å². The lowest BCUT2D eigenvalue weighted by Crippen LogP contribution is -2.34. The SMILES string of the molecule is CCN(C(=O)c1cc(S(=O)(=O)Cl)cn1C(C)C)C1CC1. The maximum absolute atomic E-state index is 12.6. The summed E-state index contributed by atoms with van der Waals surface area (Å²) >= 11 is 0. The maximum atomic E-state index is 12.6. The fourth-order valence-corrected chi connectivity index (χ4v) is 3.03. The lowest BCUT2D eigenvalue weighted by Gasteiger charge is -2.22. The van der Waals surface area contributed by atoms with Crippen LogP contribution in [0.25, 0.3) is 0 Å². The van der Waals surface area contributed by atoms with Gasteiger partial charge >= 0.3 is 0 Å². The summed E-state index contributed by atoms with van der Waals surface area (Å²) in [7, 11) is 1.55. The number of halogens is 1. The molecule has 1 aromatic heterocycles. The number of aromatic nitrogens is 1. The fourth-order valence-electron chi connectivity index (χ4n) is 2.29. The van der Waals surface area contributed by atoms with Gasteiger partial charge in [0.1, 0.15) is 10.6 Å². The van der Waals surface area contributed by atoms with E-state index < -0.39 is 9.05 Å². The second-order valence-electron chi connectivity index (χ2n) is 5.32. The van der Waals surface area contributed by atoms with Crippen LogP contribution >= 0.6 is 10.7 Å². The Morgan fingerprint density at radius 3 is 2.50 bits per heavy atom. The van der Waals surface area contributed by atoms with Gasteiger partial charge in [0.15, 0.2) is 0 Å². The minimum atomic E-state index is -3.83. The molecule has 7 heteroatoms. The first kappa shape index (κ1) is 15.4. The Hall–Kier alpha value is -1.01. The van der Waals surface area contributed by atoms with Gasteiger partial charge in [-0.05, 0) is 39.7 Å². The summed E-state index contributed by atoms with van der Waals surface area (Å²) in [4.78, 5) is 14.4. The topological polar surface area (TPSA) is 59.4 Å². The average Bonchev–Trinajstić information content (AvgIpc) is 3.05. The molecule has 0 spiro atoms. The molecule has 0 unspecified atom stereocenters. The molecule has 0 atom stereocenters. The van der Waals surface area contributed by atoms with E-state index in [4.69, 9.17) is 10.7 Å². The van der Waals surface area contributed by atoms with E-state index in [0.29, 0.717) is 18.3 Å². The molecule has 2 rings (SSSR count). The van der Waals surface area contributed by atoms with Crippen LogP contribution < -0.4 is 0 Å². The lowest BCUT2D eigenvalue weighted by molar-refractivity contribution is 0.0740. The van der Waals surface area contributed by atoms with Gasteiger partial charge in [0.2, 0.25) is 0 Å². The molecule has 1 aromatic rings. The summed E-state index contributed by atoms with van der Waals surface area (Å²) in [5.41, 5.74) is 0.382. The van der Waals surface area contributed by atoms with Crippen molar-refractivity contribution in [3.8, 4) is 0 Å². The van der Waals surface area contributed by atoms with Crippen LogP contribution in [0, 0.1) is 0 Å². The average molecular weight is 319 g/mol. The van der Waals surface area contributed by atoms with Crippen LogP contribution in [0.5, 0.6) is 0 Å². The van der Waals surface area contributed by atoms with Gasteiger partial charge in [-0.15, -0.1) is 0 Å². The summed E-state index contributed by atoms with van der Waals surface area (Å²) in [6, 6.07) is 1.65. The molecule has 0 aliphatic heterocycles. The van der Waals surface area contributed by atoms with Crippen LogP contribution in [-0.2, 0) is 9.05 Å². The van der Waals surface area contributed by atoms with Crippen molar-refractivity contribution in [3.63, 3.8) is 0 Å². The number of carbonyl (C=O) groups excluding carboxylic acids is 1. The zero-order valence-electron chi connectivity index (χ0n) is 11.8. The fraction of sp³-hybridized carbons (Fsp3) is 0.615. The van der Waals surface area contributed by atoms with E-state index >= 15 is 0 Å². The smallest absolute Gasteiger partial charge is 0.270 e. The normalized spacial score (nSPS) is 15.7. The van der Waals surface area contributed by atoms with E-state index in [1.165, 1.54) is 12.3 Å². The number of hydrogen-bond donors (Lipinski definition) is 0. The van der Waals surface area contributed by atoms with Gasteiger partial charge in [0.25, 0.3) is 15.0 Å². The number of nitrogens with zero attached hydrogens (tertiary/aromatic N) is 2. The van der Waals surface area contributed by atoms with E-state index in [9.17, 15) is 13.2 Å². The second-order valence-corrected chi connectivity index (χ2v) is 7.89. The second kappa shape index (κ2) is 5.41. The van der Waals surface area contributed by atoms with Gasteiger partial charge in [0.05, 0.1) is 0 Å². The molecule has 0 saturated heterocycles. The molecule has 1 fully saturated rings. The predicted molar refractivity (Wildman–Crippen MR) is 77.6 cm³/mol. The number of rotatable bonds is 5. The van der Waals surface area contributed by atoms with E-state index in [0.717, 1.165) is 12.8 Å². The van der Waals surface area contributed by atoms with E-state index in [1.807, 2.05) is 20.8 Å². The standard InChI is InChI=1S/C13H19ClN2O3S/c1-4-15(10-5-6-10)13(17)12-7-11(20(14,18)19)8-16(12)9(2)3/h7-10H,4-6H2,1-3H3. The summed E-state index contributed by atoms with van der Waals surface area (Å²) in [6.07, 6.45) is 3.46. The molecule has 0 radical (unpaired) electrons. The minimum Gasteiger partial charge on any atom is -0.340 e. The van der Waals surface area contributed by atoms with E-state index in [-0.39, 0.29) is 16.8 Å². The van der Waals surface area contributed by atoms with Crippen LogP contribution in [0.15, 0.2) is 17.2 Å². The molecule has 1 saturated carbocycles. The summed E-state index contributed by atoms with van der Waals surface area (Å²) < 4.78 is 24.6. The first-order valence-electron chi connectivity index (χ1n) is 6.73. The molecular formula is C13H19ClN2O3S. The summed E-state index contributed by atoms with van der Waals surface area (Å²) in [5.74, 6) is -0.129. The number of hydrogen-bond acceptors (Lipinski definition) is 3. The molecule has 0 aromatic carbocycles. The van der Waals surface area contributed by atoms with Crippen LogP contribution in [-0.4, -0.2) is 36.4 Å². The molecule has 0 N–H and O–H groups in total. The van der Waals surface area contributed by atoms with Gasteiger partial charge in [-0.25, -0.2) is 8.42 Å². The highest BCUT2D eigenvalue weighted by Gasteiger charge is 2.34. The highest BCUT2D eigenvalue weighted by molar-refractivity contribution is 8.13. The van der Waals surface area contributed by atoms with Crippen LogP contribution in [0.2, 0.25) is 0 Å². The zero-order valence-corrected chi connectivity index (χ0v) is 13.4.